The molecule has 2 heterocycles. The van der Waals surface area contributed by atoms with Crippen molar-refractivity contribution in [3.8, 4) is 11.1 Å². The van der Waals surface area contributed by atoms with Gasteiger partial charge in [-0.1, -0.05) is 36.4 Å². The molecular weight excluding hydrogens is 340 g/mol. The van der Waals surface area contributed by atoms with Crippen LogP contribution in [0.15, 0.2) is 48.5 Å². The molecule has 2 saturated heterocycles. The van der Waals surface area contributed by atoms with Crippen molar-refractivity contribution in [1.82, 2.24) is 9.80 Å². The minimum Gasteiger partial charge on any atom is -0.378 e. The van der Waals surface area contributed by atoms with Crippen molar-refractivity contribution in [2.75, 3.05) is 33.4 Å². The molecule has 2 fully saturated rings. The van der Waals surface area contributed by atoms with E-state index in [1.54, 1.807) is 11.9 Å². The standard InChI is InChI=1S/C22H24N2O3/c1-15-5-3-4-6-20(15)16-7-9-17(10-8-16)22(26)24-11-18-13-27-14-19(12-24)23(2)21(18)25/h3-10,18-19H,11-14H2,1-2H3/t18-,19+/m1/s1. The Morgan fingerprint density at radius 1 is 1.04 bits per heavy atom. The first-order chi connectivity index (χ1) is 13.0. The summed E-state index contributed by atoms with van der Waals surface area (Å²) in [5, 5.41) is 0. The second-order valence-corrected chi connectivity index (χ2v) is 7.44. The Bertz CT molecular complexity index is 862. The lowest BCUT2D eigenvalue weighted by Gasteiger charge is -2.29. The van der Waals surface area contributed by atoms with Crippen LogP contribution in [-0.2, 0) is 9.53 Å². The molecule has 0 aliphatic carbocycles. The van der Waals surface area contributed by atoms with Gasteiger partial charge in [0.2, 0.25) is 5.91 Å². The summed E-state index contributed by atoms with van der Waals surface area (Å²) >= 11 is 0. The minimum absolute atomic E-state index is 0.0219. The van der Waals surface area contributed by atoms with Gasteiger partial charge in [-0.25, -0.2) is 0 Å². The summed E-state index contributed by atoms with van der Waals surface area (Å²) in [6.45, 7) is 3.87. The maximum absolute atomic E-state index is 13.1. The van der Waals surface area contributed by atoms with E-state index in [2.05, 4.69) is 19.1 Å². The number of likely N-dealkylation sites (N-methyl/N-ethyl adjacent to an activating group) is 1. The summed E-state index contributed by atoms with van der Waals surface area (Å²) in [5.41, 5.74) is 4.13. The van der Waals surface area contributed by atoms with Crippen molar-refractivity contribution in [1.29, 1.82) is 0 Å². The van der Waals surface area contributed by atoms with Crippen molar-refractivity contribution >= 4 is 11.8 Å². The molecule has 2 aliphatic heterocycles. The van der Waals surface area contributed by atoms with Crippen LogP contribution in [-0.4, -0.2) is 61.0 Å². The zero-order valence-electron chi connectivity index (χ0n) is 15.7. The molecule has 0 spiro atoms. The van der Waals surface area contributed by atoms with Crippen LogP contribution in [0.4, 0.5) is 0 Å². The third-order valence-corrected chi connectivity index (χ3v) is 5.62. The molecule has 5 heteroatoms. The van der Waals surface area contributed by atoms with Crippen LogP contribution in [0.25, 0.3) is 11.1 Å². The number of carbonyl (C=O) groups excluding carboxylic acids is 2. The summed E-state index contributed by atoms with van der Waals surface area (Å²) in [7, 11) is 1.81. The van der Waals surface area contributed by atoms with Gasteiger partial charge in [-0.05, 0) is 35.7 Å². The minimum atomic E-state index is -0.280. The highest BCUT2D eigenvalue weighted by atomic mass is 16.5. The van der Waals surface area contributed by atoms with E-state index in [-0.39, 0.29) is 23.8 Å². The van der Waals surface area contributed by atoms with Crippen molar-refractivity contribution in [3.63, 3.8) is 0 Å². The number of amides is 2. The Kier molecular flexibility index (Phi) is 4.70. The summed E-state index contributed by atoms with van der Waals surface area (Å²) in [4.78, 5) is 29.1. The van der Waals surface area contributed by atoms with Crippen LogP contribution in [0, 0.1) is 12.8 Å². The lowest BCUT2D eigenvalue weighted by molar-refractivity contribution is -0.133. The topological polar surface area (TPSA) is 49.9 Å². The first-order valence-corrected chi connectivity index (χ1v) is 9.34. The summed E-state index contributed by atoms with van der Waals surface area (Å²) in [5.74, 6) is -0.230. The van der Waals surface area contributed by atoms with Crippen LogP contribution >= 0.6 is 0 Å². The molecule has 2 aromatic carbocycles. The molecule has 0 saturated carbocycles. The predicted octanol–water partition coefficient (Wildman–Crippen LogP) is 2.59. The molecule has 0 radical (unpaired) electrons. The van der Waals surface area contributed by atoms with E-state index in [0.29, 0.717) is 31.9 Å². The second-order valence-electron chi connectivity index (χ2n) is 7.44. The van der Waals surface area contributed by atoms with Crippen molar-refractivity contribution in [3.05, 3.63) is 59.7 Å². The molecule has 2 aliphatic rings. The molecule has 2 bridgehead atoms. The average molecular weight is 364 g/mol. The first kappa shape index (κ1) is 17.7. The predicted molar refractivity (Wildman–Crippen MR) is 103 cm³/mol. The van der Waals surface area contributed by atoms with E-state index in [9.17, 15) is 9.59 Å². The number of fused-ring (bicyclic) bond motifs is 3. The molecule has 4 rings (SSSR count). The highest BCUT2D eigenvalue weighted by Crippen LogP contribution is 2.25. The molecule has 0 N–H and O–H groups in total. The first-order valence-electron chi connectivity index (χ1n) is 9.34. The molecule has 27 heavy (non-hydrogen) atoms. The third kappa shape index (κ3) is 3.35. The zero-order valence-corrected chi connectivity index (χ0v) is 15.7. The Balaban J connectivity index is 1.56. The van der Waals surface area contributed by atoms with E-state index >= 15 is 0 Å². The Hall–Kier alpha value is -2.66. The van der Waals surface area contributed by atoms with E-state index in [4.69, 9.17) is 4.74 Å². The number of benzene rings is 2. The van der Waals surface area contributed by atoms with Crippen molar-refractivity contribution in [2.45, 2.75) is 13.0 Å². The van der Waals surface area contributed by atoms with Crippen LogP contribution < -0.4 is 0 Å². The zero-order chi connectivity index (χ0) is 19.0. The highest BCUT2D eigenvalue weighted by Gasteiger charge is 2.38. The maximum Gasteiger partial charge on any atom is 0.253 e. The van der Waals surface area contributed by atoms with Gasteiger partial charge in [-0.15, -0.1) is 0 Å². The fourth-order valence-electron chi connectivity index (χ4n) is 3.94. The molecule has 5 nitrogen and oxygen atoms in total. The fourth-order valence-corrected chi connectivity index (χ4v) is 3.94. The highest BCUT2D eigenvalue weighted by molar-refractivity contribution is 5.95. The van der Waals surface area contributed by atoms with E-state index in [1.807, 2.05) is 41.3 Å². The number of nitrogens with zero attached hydrogens (tertiary/aromatic N) is 2. The maximum atomic E-state index is 13.1. The largest absolute Gasteiger partial charge is 0.378 e. The quantitative estimate of drug-likeness (QED) is 0.823. The Labute approximate surface area is 159 Å². The van der Waals surface area contributed by atoms with Crippen molar-refractivity contribution < 1.29 is 14.3 Å². The van der Waals surface area contributed by atoms with Gasteiger partial charge in [0.25, 0.3) is 5.91 Å². The number of hydrogen-bond acceptors (Lipinski definition) is 3. The van der Waals surface area contributed by atoms with Crippen LogP contribution in [0.1, 0.15) is 15.9 Å². The van der Waals surface area contributed by atoms with Crippen LogP contribution in [0.5, 0.6) is 0 Å². The lowest BCUT2D eigenvalue weighted by atomic mass is 9.99. The normalized spacial score (nSPS) is 22.5. The van der Waals surface area contributed by atoms with Gasteiger partial charge >= 0.3 is 0 Å². The lowest BCUT2D eigenvalue weighted by Crippen LogP contribution is -2.45. The number of carbonyl (C=O) groups is 2. The number of aryl methyl sites for hydroxylation is 1. The molecule has 2 atom stereocenters. The van der Waals surface area contributed by atoms with Crippen LogP contribution in [0.2, 0.25) is 0 Å². The van der Waals surface area contributed by atoms with Gasteiger partial charge in [0, 0.05) is 25.7 Å². The van der Waals surface area contributed by atoms with E-state index in [1.165, 1.54) is 11.1 Å². The van der Waals surface area contributed by atoms with Gasteiger partial charge in [0.05, 0.1) is 25.2 Å². The van der Waals surface area contributed by atoms with E-state index < -0.39 is 0 Å². The Morgan fingerprint density at radius 3 is 2.52 bits per heavy atom. The van der Waals surface area contributed by atoms with Gasteiger partial charge < -0.3 is 14.5 Å². The molecule has 2 aromatic rings. The van der Waals surface area contributed by atoms with Gasteiger partial charge in [-0.2, -0.15) is 0 Å². The van der Waals surface area contributed by atoms with Crippen LogP contribution in [0.3, 0.4) is 0 Å². The molecular formula is C22H24N2O3. The number of hydrogen-bond donors (Lipinski definition) is 0. The summed E-state index contributed by atoms with van der Waals surface area (Å²) in [6, 6.07) is 15.9. The average Bonchev–Trinajstić information content (AvgIpc) is 2.86. The monoisotopic (exact) mass is 364 g/mol. The van der Waals surface area contributed by atoms with Gasteiger partial charge in [-0.3, -0.25) is 9.59 Å². The van der Waals surface area contributed by atoms with Crippen molar-refractivity contribution in [2.24, 2.45) is 5.92 Å². The number of ether oxygens (including phenoxy) is 1. The fraction of sp³-hybridized carbons (Fsp3) is 0.364. The molecule has 0 aromatic heterocycles. The summed E-state index contributed by atoms with van der Waals surface area (Å²) in [6.07, 6.45) is 0. The smallest absolute Gasteiger partial charge is 0.253 e. The summed E-state index contributed by atoms with van der Waals surface area (Å²) < 4.78 is 5.61. The number of rotatable bonds is 2. The van der Waals surface area contributed by atoms with Gasteiger partial charge in [0.15, 0.2) is 0 Å². The second kappa shape index (κ2) is 7.16. The third-order valence-electron chi connectivity index (χ3n) is 5.62. The molecule has 140 valence electrons. The molecule has 0 unspecified atom stereocenters. The Morgan fingerprint density at radius 2 is 1.78 bits per heavy atom. The molecule has 2 amide bonds. The van der Waals surface area contributed by atoms with E-state index in [0.717, 1.165) is 5.56 Å². The SMILES string of the molecule is Cc1ccccc1-c1ccc(C(=O)N2C[C@@H]3COC[C@H](C2)N(C)C3=O)cc1. The van der Waals surface area contributed by atoms with Gasteiger partial charge in [0.1, 0.15) is 0 Å².